The van der Waals surface area contributed by atoms with Crippen molar-refractivity contribution in [2.45, 2.75) is 31.3 Å². The molecule has 19 heavy (non-hydrogen) atoms. The molecule has 0 rings (SSSR count). The van der Waals surface area contributed by atoms with Crippen molar-refractivity contribution < 1.29 is 14.7 Å². The van der Waals surface area contributed by atoms with Crippen LogP contribution >= 0.6 is 12.6 Å². The fraction of sp³-hybridized carbons (Fsp3) is 0.700. The van der Waals surface area contributed by atoms with Gasteiger partial charge in [0.2, 0.25) is 5.91 Å². The van der Waals surface area contributed by atoms with Crippen molar-refractivity contribution in [3.8, 4) is 0 Å². The van der Waals surface area contributed by atoms with E-state index < -0.39 is 24.0 Å². The summed E-state index contributed by atoms with van der Waals surface area (Å²) in [5.41, 5.74) is 15.8. The van der Waals surface area contributed by atoms with Crippen molar-refractivity contribution in [1.29, 1.82) is 0 Å². The number of nitrogens with zero attached hydrogens (tertiary/aromatic N) is 1. The molecule has 0 aliphatic rings. The molecule has 1 amide bonds. The highest BCUT2D eigenvalue weighted by molar-refractivity contribution is 7.80. The van der Waals surface area contributed by atoms with Crippen LogP contribution in [0.1, 0.15) is 19.3 Å². The lowest BCUT2D eigenvalue weighted by atomic mass is 10.1. The Morgan fingerprint density at radius 1 is 1.32 bits per heavy atom. The molecule has 2 atom stereocenters. The van der Waals surface area contributed by atoms with Crippen LogP contribution < -0.4 is 22.5 Å². The van der Waals surface area contributed by atoms with Gasteiger partial charge in [-0.3, -0.25) is 9.79 Å². The first-order chi connectivity index (χ1) is 8.88. The number of nitrogens with one attached hydrogen (secondary N) is 1. The zero-order valence-electron chi connectivity index (χ0n) is 10.6. The molecule has 0 fully saturated rings. The van der Waals surface area contributed by atoms with Gasteiger partial charge in [-0.15, -0.1) is 0 Å². The number of thiol groups is 1. The topological polar surface area (TPSA) is 157 Å². The van der Waals surface area contributed by atoms with Crippen molar-refractivity contribution in [2.75, 3.05) is 12.3 Å². The average Bonchev–Trinajstić information content (AvgIpc) is 2.32. The molecule has 0 aromatic carbocycles. The van der Waals surface area contributed by atoms with Crippen LogP contribution in [0.4, 0.5) is 0 Å². The van der Waals surface area contributed by atoms with E-state index in [1.54, 1.807) is 0 Å². The highest BCUT2D eigenvalue weighted by Crippen LogP contribution is 2.00. The van der Waals surface area contributed by atoms with Crippen LogP contribution in [0.15, 0.2) is 4.99 Å². The van der Waals surface area contributed by atoms with Gasteiger partial charge in [-0.25, -0.2) is 4.79 Å². The lowest BCUT2D eigenvalue weighted by molar-refractivity contribution is -0.142. The maximum absolute atomic E-state index is 11.6. The van der Waals surface area contributed by atoms with Crippen LogP contribution in [0, 0.1) is 0 Å². The van der Waals surface area contributed by atoms with E-state index in [1.165, 1.54) is 0 Å². The molecule has 0 saturated carbocycles. The van der Waals surface area contributed by atoms with E-state index in [2.05, 4.69) is 22.9 Å². The van der Waals surface area contributed by atoms with E-state index in [1.807, 2.05) is 0 Å². The number of rotatable bonds is 9. The van der Waals surface area contributed by atoms with Gasteiger partial charge >= 0.3 is 5.97 Å². The number of carboxylic acid groups (broad SMARTS) is 1. The molecular weight excluding hydrogens is 270 g/mol. The number of aliphatic imine (C=N–C) groups is 1. The summed E-state index contributed by atoms with van der Waals surface area (Å²) in [7, 11) is 0. The molecule has 8 nitrogen and oxygen atoms in total. The average molecular weight is 291 g/mol. The molecule has 0 radical (unpaired) electrons. The molecule has 0 aromatic rings. The number of nitrogens with two attached hydrogens (primary N) is 3. The fourth-order valence-corrected chi connectivity index (χ4v) is 1.59. The first kappa shape index (κ1) is 17.5. The zero-order valence-corrected chi connectivity index (χ0v) is 11.5. The van der Waals surface area contributed by atoms with Crippen molar-refractivity contribution in [1.82, 2.24) is 5.32 Å². The number of hydrogen-bond donors (Lipinski definition) is 6. The lowest BCUT2D eigenvalue weighted by Crippen LogP contribution is -2.48. The minimum Gasteiger partial charge on any atom is -0.480 e. The quantitative estimate of drug-likeness (QED) is 0.128. The molecule has 0 aliphatic heterocycles. The lowest BCUT2D eigenvalue weighted by Gasteiger charge is -2.17. The van der Waals surface area contributed by atoms with Crippen LogP contribution in [0.25, 0.3) is 0 Å². The summed E-state index contributed by atoms with van der Waals surface area (Å²) in [6.07, 6.45) is 1.05. The monoisotopic (exact) mass is 291 g/mol. The molecular formula is C10H21N5O3S. The van der Waals surface area contributed by atoms with Gasteiger partial charge in [0.25, 0.3) is 0 Å². The van der Waals surface area contributed by atoms with Gasteiger partial charge in [0.05, 0.1) is 6.04 Å². The largest absolute Gasteiger partial charge is 0.480 e. The number of carbonyl (C=O) groups is 2. The van der Waals surface area contributed by atoms with Gasteiger partial charge in [-0.05, 0) is 25.0 Å². The van der Waals surface area contributed by atoms with E-state index in [4.69, 9.17) is 22.3 Å². The third-order valence-electron chi connectivity index (χ3n) is 2.34. The second-order valence-corrected chi connectivity index (χ2v) is 4.41. The fourth-order valence-electron chi connectivity index (χ4n) is 1.31. The molecule has 0 heterocycles. The van der Waals surface area contributed by atoms with E-state index in [9.17, 15) is 9.59 Å². The van der Waals surface area contributed by atoms with E-state index in [0.29, 0.717) is 25.1 Å². The molecule has 0 spiro atoms. The molecule has 9 heteroatoms. The summed E-state index contributed by atoms with van der Waals surface area (Å²) in [6, 6.07) is -1.75. The van der Waals surface area contributed by atoms with Gasteiger partial charge in [-0.1, -0.05) is 0 Å². The Bertz CT molecular complexity index is 333. The predicted molar refractivity (Wildman–Crippen MR) is 75.9 cm³/mol. The van der Waals surface area contributed by atoms with Crippen molar-refractivity contribution >= 4 is 30.5 Å². The van der Waals surface area contributed by atoms with Gasteiger partial charge in [0.15, 0.2) is 5.96 Å². The summed E-state index contributed by atoms with van der Waals surface area (Å²) in [6.45, 7) is 0.310. The smallest absolute Gasteiger partial charge is 0.326 e. The molecule has 8 N–H and O–H groups in total. The van der Waals surface area contributed by atoms with Gasteiger partial charge in [0, 0.05) is 6.54 Å². The van der Waals surface area contributed by atoms with E-state index >= 15 is 0 Å². The predicted octanol–water partition coefficient (Wildman–Crippen LogP) is -1.74. The number of hydrogen-bond acceptors (Lipinski definition) is 5. The van der Waals surface area contributed by atoms with Crippen LogP contribution in [0.2, 0.25) is 0 Å². The summed E-state index contributed by atoms with van der Waals surface area (Å²) in [5, 5.41) is 11.4. The van der Waals surface area contributed by atoms with Gasteiger partial charge in [-0.2, -0.15) is 12.6 Å². The number of guanidine groups is 1. The van der Waals surface area contributed by atoms with Crippen LogP contribution in [0.3, 0.4) is 0 Å². The normalized spacial score (nSPS) is 13.4. The Hall–Kier alpha value is -1.48. The van der Waals surface area contributed by atoms with Crippen molar-refractivity contribution in [3.63, 3.8) is 0 Å². The summed E-state index contributed by atoms with van der Waals surface area (Å²) in [4.78, 5) is 26.3. The Morgan fingerprint density at radius 2 is 1.95 bits per heavy atom. The molecule has 0 saturated heterocycles. The second kappa shape index (κ2) is 9.45. The van der Waals surface area contributed by atoms with Crippen LogP contribution in [-0.2, 0) is 9.59 Å². The first-order valence-electron chi connectivity index (χ1n) is 5.83. The van der Waals surface area contributed by atoms with Crippen molar-refractivity contribution in [3.05, 3.63) is 0 Å². The number of aliphatic carboxylic acids is 1. The summed E-state index contributed by atoms with van der Waals surface area (Å²) < 4.78 is 0. The standard InChI is InChI=1S/C10H21N5O3S/c11-6(3-5-19)8(16)15-7(9(17)18)2-1-4-14-10(12)13/h6-7,19H,1-5,11H2,(H,15,16)(H,17,18)(H4,12,13,14)/t6-,7-/m0/s1. The van der Waals surface area contributed by atoms with E-state index in [-0.39, 0.29) is 12.4 Å². The first-order valence-corrected chi connectivity index (χ1v) is 6.46. The third-order valence-corrected chi connectivity index (χ3v) is 2.59. The molecule has 0 aliphatic carbocycles. The Morgan fingerprint density at radius 3 is 2.42 bits per heavy atom. The maximum Gasteiger partial charge on any atom is 0.326 e. The number of amides is 1. The molecule has 0 bridgehead atoms. The number of carboxylic acids is 1. The van der Waals surface area contributed by atoms with Crippen LogP contribution in [-0.4, -0.2) is 47.3 Å². The van der Waals surface area contributed by atoms with Crippen LogP contribution in [0.5, 0.6) is 0 Å². The van der Waals surface area contributed by atoms with E-state index in [0.717, 1.165) is 0 Å². The maximum atomic E-state index is 11.6. The highest BCUT2D eigenvalue weighted by atomic mass is 32.1. The highest BCUT2D eigenvalue weighted by Gasteiger charge is 2.22. The SMILES string of the molecule is NC(N)=NCCC[C@H](NC(=O)[C@@H](N)CCS)C(=O)O. The Balaban J connectivity index is 4.23. The number of carbonyl (C=O) groups excluding carboxylic acids is 1. The van der Waals surface area contributed by atoms with Crippen molar-refractivity contribution in [2.24, 2.45) is 22.2 Å². The minimum absolute atomic E-state index is 0.0493. The van der Waals surface area contributed by atoms with Gasteiger partial charge in [0.1, 0.15) is 6.04 Å². The third kappa shape index (κ3) is 8.27. The summed E-state index contributed by atoms with van der Waals surface area (Å²) >= 11 is 3.96. The summed E-state index contributed by atoms with van der Waals surface area (Å²) in [5.74, 6) is -1.21. The minimum atomic E-state index is -1.11. The molecule has 0 unspecified atom stereocenters. The zero-order chi connectivity index (χ0) is 14.8. The molecule has 110 valence electrons. The second-order valence-electron chi connectivity index (χ2n) is 3.97. The van der Waals surface area contributed by atoms with Gasteiger partial charge < -0.3 is 27.6 Å². The molecule has 0 aromatic heterocycles. The Labute approximate surface area is 117 Å². The Kier molecular flexibility index (Phi) is 8.71.